The standard InChI is InChI=1S/C22H25FN4O3/c1-13(2)30-19-7-5-6-18-21(19)22(25-20(29)12-14(3)24-15(4)28)26-27(18)17-10-8-16(23)9-11-17/h5-11,13-14H,12H2,1-4H3,(H,24,28)(H,25,26,29)/t14-/m0/s1. The van der Waals surface area contributed by atoms with Crippen LogP contribution >= 0.6 is 0 Å². The van der Waals surface area contributed by atoms with Gasteiger partial charge in [0, 0.05) is 19.4 Å². The van der Waals surface area contributed by atoms with Gasteiger partial charge in [-0.3, -0.25) is 9.59 Å². The quantitative estimate of drug-likeness (QED) is 0.618. The Hall–Kier alpha value is -3.42. The van der Waals surface area contributed by atoms with Gasteiger partial charge in [-0.2, -0.15) is 0 Å². The third kappa shape index (κ3) is 4.94. The molecule has 0 bridgehead atoms. The Kier molecular flexibility index (Phi) is 6.34. The lowest BCUT2D eigenvalue weighted by Gasteiger charge is -2.13. The highest BCUT2D eigenvalue weighted by molar-refractivity contribution is 6.03. The summed E-state index contributed by atoms with van der Waals surface area (Å²) >= 11 is 0. The van der Waals surface area contributed by atoms with Crippen molar-refractivity contribution >= 4 is 28.5 Å². The maximum atomic E-state index is 13.4. The maximum absolute atomic E-state index is 13.4. The molecule has 0 aliphatic heterocycles. The zero-order valence-electron chi connectivity index (χ0n) is 17.4. The fourth-order valence-electron chi connectivity index (χ4n) is 3.22. The Balaban J connectivity index is 2.02. The van der Waals surface area contributed by atoms with Crippen molar-refractivity contribution < 1.29 is 18.7 Å². The molecule has 1 heterocycles. The third-order valence-electron chi connectivity index (χ3n) is 4.30. The van der Waals surface area contributed by atoms with Crippen LogP contribution in [-0.4, -0.2) is 33.7 Å². The summed E-state index contributed by atoms with van der Waals surface area (Å²) in [5.41, 5.74) is 1.36. The fraction of sp³-hybridized carbons (Fsp3) is 0.318. The molecule has 8 heteroatoms. The van der Waals surface area contributed by atoms with Crippen LogP contribution < -0.4 is 15.4 Å². The first-order chi connectivity index (χ1) is 14.2. The van der Waals surface area contributed by atoms with Crippen LogP contribution in [0.3, 0.4) is 0 Å². The van der Waals surface area contributed by atoms with Crippen LogP contribution in [0.1, 0.15) is 34.1 Å². The Labute approximate surface area is 174 Å². The number of ether oxygens (including phenoxy) is 1. The van der Waals surface area contributed by atoms with Gasteiger partial charge in [0.15, 0.2) is 5.82 Å². The third-order valence-corrected chi connectivity index (χ3v) is 4.30. The van der Waals surface area contributed by atoms with E-state index in [9.17, 15) is 14.0 Å². The van der Waals surface area contributed by atoms with E-state index < -0.39 is 0 Å². The number of benzene rings is 2. The number of amides is 2. The summed E-state index contributed by atoms with van der Waals surface area (Å²) in [6.07, 6.45) is 0.0191. The molecule has 3 aromatic rings. The number of halogens is 1. The molecule has 0 aliphatic carbocycles. The molecule has 0 unspecified atom stereocenters. The van der Waals surface area contributed by atoms with Crippen LogP contribution in [-0.2, 0) is 9.59 Å². The number of nitrogens with zero attached hydrogens (tertiary/aromatic N) is 2. The van der Waals surface area contributed by atoms with Crippen molar-refractivity contribution in [2.24, 2.45) is 0 Å². The van der Waals surface area contributed by atoms with Gasteiger partial charge >= 0.3 is 0 Å². The zero-order chi connectivity index (χ0) is 21.8. The fourth-order valence-corrected chi connectivity index (χ4v) is 3.22. The molecule has 1 atom stereocenters. The van der Waals surface area contributed by atoms with E-state index in [1.165, 1.54) is 19.1 Å². The number of fused-ring (bicyclic) bond motifs is 1. The molecular formula is C22H25FN4O3. The van der Waals surface area contributed by atoms with E-state index >= 15 is 0 Å². The number of nitrogens with one attached hydrogen (secondary N) is 2. The summed E-state index contributed by atoms with van der Waals surface area (Å²) in [5.74, 6) is 0.0846. The Morgan fingerprint density at radius 3 is 2.47 bits per heavy atom. The first-order valence-electron chi connectivity index (χ1n) is 9.76. The lowest BCUT2D eigenvalue weighted by atomic mass is 10.2. The molecular weight excluding hydrogens is 387 g/mol. The van der Waals surface area contributed by atoms with Crippen LogP contribution in [0.2, 0.25) is 0 Å². The van der Waals surface area contributed by atoms with E-state index in [-0.39, 0.29) is 36.2 Å². The first kappa shape index (κ1) is 21.3. The summed E-state index contributed by atoms with van der Waals surface area (Å²) in [6.45, 7) is 6.98. The molecule has 2 N–H and O–H groups in total. The molecule has 3 rings (SSSR count). The predicted molar refractivity (Wildman–Crippen MR) is 113 cm³/mol. The number of anilines is 1. The van der Waals surface area contributed by atoms with Crippen molar-refractivity contribution in [2.45, 2.75) is 46.3 Å². The average molecular weight is 412 g/mol. The molecule has 0 radical (unpaired) electrons. The summed E-state index contributed by atoms with van der Waals surface area (Å²) in [4.78, 5) is 23.8. The summed E-state index contributed by atoms with van der Waals surface area (Å²) < 4.78 is 20.9. The Morgan fingerprint density at radius 2 is 1.83 bits per heavy atom. The lowest BCUT2D eigenvalue weighted by Crippen LogP contribution is -2.33. The van der Waals surface area contributed by atoms with E-state index in [0.717, 1.165) is 0 Å². The van der Waals surface area contributed by atoms with Crippen LogP contribution in [0.15, 0.2) is 42.5 Å². The summed E-state index contributed by atoms with van der Waals surface area (Å²) in [7, 11) is 0. The first-order valence-corrected chi connectivity index (χ1v) is 9.76. The monoisotopic (exact) mass is 412 g/mol. The van der Waals surface area contributed by atoms with Gasteiger partial charge in [0.1, 0.15) is 11.6 Å². The minimum Gasteiger partial charge on any atom is -0.490 e. The number of carbonyl (C=O) groups excluding carboxylic acids is 2. The highest BCUT2D eigenvalue weighted by Crippen LogP contribution is 2.34. The second-order valence-electron chi connectivity index (χ2n) is 7.41. The molecule has 7 nitrogen and oxygen atoms in total. The Bertz CT molecular complexity index is 1060. The number of hydrogen-bond donors (Lipinski definition) is 2. The molecule has 2 aromatic carbocycles. The molecule has 0 saturated carbocycles. The van der Waals surface area contributed by atoms with Crippen molar-refractivity contribution in [3.05, 3.63) is 48.3 Å². The van der Waals surface area contributed by atoms with E-state index in [1.807, 2.05) is 32.0 Å². The van der Waals surface area contributed by atoms with Gasteiger partial charge in [0.05, 0.1) is 22.7 Å². The van der Waals surface area contributed by atoms with Gasteiger partial charge in [-0.15, -0.1) is 5.10 Å². The second-order valence-corrected chi connectivity index (χ2v) is 7.41. The van der Waals surface area contributed by atoms with Crippen molar-refractivity contribution in [1.29, 1.82) is 0 Å². The minimum atomic E-state index is -0.348. The van der Waals surface area contributed by atoms with Gasteiger partial charge in [0.25, 0.3) is 0 Å². The van der Waals surface area contributed by atoms with E-state index in [1.54, 1.807) is 23.7 Å². The zero-order valence-corrected chi connectivity index (χ0v) is 17.4. The molecule has 158 valence electrons. The molecule has 0 fully saturated rings. The van der Waals surface area contributed by atoms with Crippen LogP contribution in [0.25, 0.3) is 16.6 Å². The Morgan fingerprint density at radius 1 is 1.13 bits per heavy atom. The highest BCUT2D eigenvalue weighted by atomic mass is 19.1. The van der Waals surface area contributed by atoms with Crippen LogP contribution in [0.4, 0.5) is 10.2 Å². The number of carbonyl (C=O) groups is 2. The van der Waals surface area contributed by atoms with Crippen molar-refractivity contribution in [1.82, 2.24) is 15.1 Å². The van der Waals surface area contributed by atoms with E-state index in [0.29, 0.717) is 28.2 Å². The molecule has 30 heavy (non-hydrogen) atoms. The molecule has 0 aliphatic rings. The maximum Gasteiger partial charge on any atom is 0.227 e. The van der Waals surface area contributed by atoms with E-state index in [2.05, 4.69) is 15.7 Å². The van der Waals surface area contributed by atoms with Gasteiger partial charge in [0.2, 0.25) is 11.8 Å². The molecule has 0 saturated heterocycles. The topological polar surface area (TPSA) is 85.3 Å². The van der Waals surface area contributed by atoms with Gasteiger partial charge in [-0.05, 0) is 57.2 Å². The minimum absolute atomic E-state index is 0.0758. The number of hydrogen-bond acceptors (Lipinski definition) is 4. The van der Waals surface area contributed by atoms with Crippen LogP contribution in [0, 0.1) is 5.82 Å². The lowest BCUT2D eigenvalue weighted by molar-refractivity contribution is -0.120. The number of rotatable bonds is 7. The summed E-state index contributed by atoms with van der Waals surface area (Å²) in [6, 6.07) is 11.1. The number of aromatic nitrogens is 2. The average Bonchev–Trinajstić information content (AvgIpc) is 3.00. The van der Waals surface area contributed by atoms with Crippen molar-refractivity contribution in [2.75, 3.05) is 5.32 Å². The predicted octanol–water partition coefficient (Wildman–Crippen LogP) is 3.81. The largest absolute Gasteiger partial charge is 0.490 e. The molecule has 0 spiro atoms. The second kappa shape index (κ2) is 8.94. The summed E-state index contributed by atoms with van der Waals surface area (Å²) in [5, 5.41) is 10.7. The molecule has 1 aromatic heterocycles. The van der Waals surface area contributed by atoms with Crippen molar-refractivity contribution in [3.63, 3.8) is 0 Å². The van der Waals surface area contributed by atoms with Gasteiger partial charge in [-0.25, -0.2) is 9.07 Å². The van der Waals surface area contributed by atoms with E-state index in [4.69, 9.17) is 4.74 Å². The van der Waals surface area contributed by atoms with Gasteiger partial charge in [-0.1, -0.05) is 6.07 Å². The van der Waals surface area contributed by atoms with Gasteiger partial charge < -0.3 is 15.4 Å². The van der Waals surface area contributed by atoms with Crippen LogP contribution in [0.5, 0.6) is 5.75 Å². The SMILES string of the molecule is CC(=O)N[C@@H](C)CC(=O)Nc1nn(-c2ccc(F)cc2)c2cccc(OC(C)C)c12. The molecule has 2 amide bonds. The highest BCUT2D eigenvalue weighted by Gasteiger charge is 2.20. The normalized spacial score (nSPS) is 12.1. The van der Waals surface area contributed by atoms with Crippen molar-refractivity contribution in [3.8, 4) is 11.4 Å². The smallest absolute Gasteiger partial charge is 0.227 e.